The Balaban J connectivity index is 1.43. The second-order valence-corrected chi connectivity index (χ2v) is 7.20. The van der Waals surface area contributed by atoms with Crippen LogP contribution in [-0.2, 0) is 0 Å². The summed E-state index contributed by atoms with van der Waals surface area (Å²) in [6.07, 6.45) is 5.98. The minimum atomic E-state index is -0.0381. The predicted molar refractivity (Wildman–Crippen MR) is 114 cm³/mol. The Morgan fingerprint density at radius 1 is 0.931 bits per heavy atom. The first-order valence-electron chi connectivity index (χ1n) is 9.84. The van der Waals surface area contributed by atoms with Crippen molar-refractivity contribution in [3.8, 4) is 22.5 Å². The molecule has 0 spiro atoms. The first kappa shape index (κ1) is 17.4. The van der Waals surface area contributed by atoms with Crippen LogP contribution in [0.25, 0.3) is 28.3 Å². The van der Waals surface area contributed by atoms with Gasteiger partial charge in [0, 0.05) is 36.1 Å². The molecule has 1 N–H and O–H groups in total. The molecule has 0 radical (unpaired) electrons. The van der Waals surface area contributed by atoms with Gasteiger partial charge in [0.05, 0.1) is 17.6 Å². The molecule has 2 aromatic carbocycles. The summed E-state index contributed by atoms with van der Waals surface area (Å²) in [5, 5.41) is 3.00. The molecule has 0 saturated carbocycles. The molecule has 1 saturated heterocycles. The average Bonchev–Trinajstić information content (AvgIpc) is 3.44. The van der Waals surface area contributed by atoms with Crippen LogP contribution in [-0.4, -0.2) is 38.4 Å². The summed E-state index contributed by atoms with van der Waals surface area (Å²) >= 11 is 0. The molecule has 1 aliphatic heterocycles. The fourth-order valence-electron chi connectivity index (χ4n) is 3.73. The first-order valence-corrected chi connectivity index (χ1v) is 9.84. The standard InChI is InChI=1S/C23H21N5O/c29-23(27-12-4-5-13-27)25-19-10-6-9-18(15-19)20-11-14-28-21(16-24-22(28)26-20)17-7-2-1-3-8-17/h1-3,6-11,14-16H,4-5,12-13H2,(H,25,29). The number of carbonyl (C=O) groups excluding carboxylic acids is 1. The van der Waals surface area contributed by atoms with E-state index in [1.807, 2.05) is 70.2 Å². The van der Waals surface area contributed by atoms with E-state index in [0.717, 1.165) is 54.1 Å². The van der Waals surface area contributed by atoms with Crippen LogP contribution in [0.2, 0.25) is 0 Å². The predicted octanol–water partition coefficient (Wildman–Crippen LogP) is 4.69. The summed E-state index contributed by atoms with van der Waals surface area (Å²) in [6, 6.07) is 19.9. The molecule has 5 rings (SSSR count). The number of nitrogens with one attached hydrogen (secondary N) is 1. The molecule has 4 aromatic rings. The molecule has 0 aliphatic carbocycles. The fourth-order valence-corrected chi connectivity index (χ4v) is 3.73. The van der Waals surface area contributed by atoms with Crippen LogP contribution in [0.1, 0.15) is 12.8 Å². The second-order valence-electron chi connectivity index (χ2n) is 7.20. The summed E-state index contributed by atoms with van der Waals surface area (Å²) in [4.78, 5) is 23.4. The quantitative estimate of drug-likeness (QED) is 0.558. The number of nitrogens with zero attached hydrogens (tertiary/aromatic N) is 4. The van der Waals surface area contributed by atoms with Crippen LogP contribution in [0.3, 0.4) is 0 Å². The van der Waals surface area contributed by atoms with Gasteiger partial charge in [0.2, 0.25) is 5.78 Å². The van der Waals surface area contributed by atoms with Crippen molar-refractivity contribution < 1.29 is 4.79 Å². The molecule has 6 nitrogen and oxygen atoms in total. The number of urea groups is 1. The molecule has 0 bridgehead atoms. The largest absolute Gasteiger partial charge is 0.325 e. The third-order valence-electron chi connectivity index (χ3n) is 5.25. The van der Waals surface area contributed by atoms with E-state index >= 15 is 0 Å². The third-order valence-corrected chi connectivity index (χ3v) is 5.25. The van der Waals surface area contributed by atoms with E-state index in [4.69, 9.17) is 4.98 Å². The number of fused-ring (bicyclic) bond motifs is 1. The Bertz CT molecular complexity index is 1160. The molecule has 0 unspecified atom stereocenters. The van der Waals surface area contributed by atoms with Crippen LogP contribution in [0.15, 0.2) is 73.1 Å². The molecule has 1 fully saturated rings. The molecule has 1 aliphatic rings. The van der Waals surface area contributed by atoms with Crippen molar-refractivity contribution >= 4 is 17.5 Å². The van der Waals surface area contributed by atoms with Crippen LogP contribution in [0.5, 0.6) is 0 Å². The number of hydrogen-bond donors (Lipinski definition) is 1. The zero-order valence-corrected chi connectivity index (χ0v) is 16.0. The van der Waals surface area contributed by atoms with Gasteiger partial charge in [-0.3, -0.25) is 4.40 Å². The molecular weight excluding hydrogens is 362 g/mol. The van der Waals surface area contributed by atoms with E-state index in [2.05, 4.69) is 22.4 Å². The summed E-state index contributed by atoms with van der Waals surface area (Å²) in [6.45, 7) is 1.65. The van der Waals surface area contributed by atoms with Gasteiger partial charge in [-0.15, -0.1) is 0 Å². The van der Waals surface area contributed by atoms with E-state index in [9.17, 15) is 4.79 Å². The highest BCUT2D eigenvalue weighted by Gasteiger charge is 2.18. The highest BCUT2D eigenvalue weighted by Crippen LogP contribution is 2.24. The lowest BCUT2D eigenvalue weighted by Gasteiger charge is -2.16. The van der Waals surface area contributed by atoms with E-state index in [0.29, 0.717) is 5.78 Å². The summed E-state index contributed by atoms with van der Waals surface area (Å²) < 4.78 is 1.98. The maximum atomic E-state index is 12.4. The molecular formula is C23H21N5O. The van der Waals surface area contributed by atoms with E-state index in [1.54, 1.807) is 0 Å². The number of aromatic nitrogens is 3. The van der Waals surface area contributed by atoms with Gasteiger partial charge >= 0.3 is 6.03 Å². The number of carbonyl (C=O) groups is 1. The highest BCUT2D eigenvalue weighted by atomic mass is 16.2. The monoisotopic (exact) mass is 383 g/mol. The van der Waals surface area contributed by atoms with Crippen LogP contribution >= 0.6 is 0 Å². The average molecular weight is 383 g/mol. The normalized spacial score (nSPS) is 13.7. The summed E-state index contributed by atoms with van der Waals surface area (Å²) in [5.74, 6) is 0.646. The van der Waals surface area contributed by atoms with Gasteiger partial charge in [0.1, 0.15) is 0 Å². The number of rotatable bonds is 3. The van der Waals surface area contributed by atoms with Gasteiger partial charge in [0.25, 0.3) is 0 Å². The lowest BCUT2D eigenvalue weighted by atomic mass is 10.1. The Morgan fingerprint density at radius 3 is 2.55 bits per heavy atom. The number of anilines is 1. The van der Waals surface area contributed by atoms with Crippen molar-refractivity contribution in [3.05, 3.63) is 73.1 Å². The zero-order valence-electron chi connectivity index (χ0n) is 16.0. The Labute approximate surface area is 168 Å². The number of benzene rings is 2. The van der Waals surface area contributed by atoms with E-state index in [-0.39, 0.29) is 6.03 Å². The van der Waals surface area contributed by atoms with Gasteiger partial charge in [-0.2, -0.15) is 0 Å². The van der Waals surface area contributed by atoms with Gasteiger partial charge in [-0.25, -0.2) is 14.8 Å². The molecule has 3 heterocycles. The number of hydrogen-bond acceptors (Lipinski definition) is 3. The smallest absolute Gasteiger partial charge is 0.321 e. The lowest BCUT2D eigenvalue weighted by molar-refractivity contribution is 0.222. The minimum Gasteiger partial charge on any atom is -0.325 e. The Hall–Kier alpha value is -3.67. The summed E-state index contributed by atoms with van der Waals surface area (Å²) in [7, 11) is 0. The first-order chi connectivity index (χ1) is 14.3. The van der Waals surface area contributed by atoms with Crippen molar-refractivity contribution in [3.63, 3.8) is 0 Å². The van der Waals surface area contributed by atoms with Crippen LogP contribution < -0.4 is 5.32 Å². The zero-order chi connectivity index (χ0) is 19.6. The SMILES string of the molecule is O=C(Nc1cccc(-c2ccn3c(-c4ccccc4)cnc3n2)c1)N1CCCC1. The second kappa shape index (κ2) is 7.39. The Morgan fingerprint density at radius 2 is 1.72 bits per heavy atom. The Kier molecular flexibility index (Phi) is 4.44. The number of likely N-dealkylation sites (tertiary alicyclic amines) is 1. The van der Waals surface area contributed by atoms with Gasteiger partial charge in [-0.05, 0) is 31.0 Å². The van der Waals surface area contributed by atoms with Crippen molar-refractivity contribution in [2.75, 3.05) is 18.4 Å². The highest BCUT2D eigenvalue weighted by molar-refractivity contribution is 5.90. The molecule has 6 heteroatoms. The number of amides is 2. The van der Waals surface area contributed by atoms with Crippen LogP contribution in [0, 0.1) is 0 Å². The molecule has 0 atom stereocenters. The molecule has 29 heavy (non-hydrogen) atoms. The topological polar surface area (TPSA) is 62.5 Å². The van der Waals surface area contributed by atoms with E-state index in [1.165, 1.54) is 0 Å². The van der Waals surface area contributed by atoms with Crippen molar-refractivity contribution in [2.24, 2.45) is 0 Å². The van der Waals surface area contributed by atoms with Gasteiger partial charge < -0.3 is 10.2 Å². The van der Waals surface area contributed by atoms with Crippen molar-refractivity contribution in [2.45, 2.75) is 12.8 Å². The lowest BCUT2D eigenvalue weighted by Crippen LogP contribution is -2.32. The van der Waals surface area contributed by atoms with Crippen molar-refractivity contribution in [1.82, 2.24) is 19.3 Å². The molecule has 2 amide bonds. The minimum absolute atomic E-state index is 0.0381. The molecule has 144 valence electrons. The van der Waals surface area contributed by atoms with Gasteiger partial charge in [-0.1, -0.05) is 42.5 Å². The van der Waals surface area contributed by atoms with Crippen LogP contribution in [0.4, 0.5) is 10.5 Å². The van der Waals surface area contributed by atoms with Gasteiger partial charge in [0.15, 0.2) is 0 Å². The fraction of sp³-hybridized carbons (Fsp3) is 0.174. The van der Waals surface area contributed by atoms with Crippen molar-refractivity contribution in [1.29, 1.82) is 0 Å². The maximum absolute atomic E-state index is 12.4. The maximum Gasteiger partial charge on any atom is 0.321 e. The molecule has 2 aromatic heterocycles. The third kappa shape index (κ3) is 3.45. The number of imidazole rings is 1. The van der Waals surface area contributed by atoms with E-state index < -0.39 is 0 Å². The summed E-state index contributed by atoms with van der Waals surface area (Å²) in [5.41, 5.74) is 4.64.